The van der Waals surface area contributed by atoms with Crippen molar-refractivity contribution in [2.24, 2.45) is 0 Å². The number of hydrogen-bond acceptors (Lipinski definition) is 4. The summed E-state index contributed by atoms with van der Waals surface area (Å²) in [5.41, 5.74) is -0.694. The van der Waals surface area contributed by atoms with Crippen molar-refractivity contribution in [2.75, 3.05) is 5.33 Å². The summed E-state index contributed by atoms with van der Waals surface area (Å²) in [5.74, 6) is -0.206. The zero-order valence-electron chi connectivity index (χ0n) is 9.70. The molecule has 0 atom stereocenters. The van der Waals surface area contributed by atoms with E-state index in [1.165, 1.54) is 6.07 Å². The molecule has 1 N–H and O–H groups in total. The minimum Gasteiger partial charge on any atom is -0.510 e. The van der Waals surface area contributed by atoms with Gasteiger partial charge in [0.2, 0.25) is 0 Å². The van der Waals surface area contributed by atoms with Gasteiger partial charge in [0.05, 0.1) is 21.1 Å². The highest BCUT2D eigenvalue weighted by Gasteiger charge is 2.30. The molecule has 104 valence electrons. The second kappa shape index (κ2) is 5.42. The number of aliphatic hydroxyl groups excluding tert-OH is 1. The van der Waals surface area contributed by atoms with Gasteiger partial charge in [0.25, 0.3) is 0 Å². The van der Waals surface area contributed by atoms with Crippen LogP contribution in [0, 0.1) is 11.3 Å². The molecular formula is C12H6BrF3N2OS. The maximum Gasteiger partial charge on any atom is 0.416 e. The predicted molar refractivity (Wildman–Crippen MR) is 73.6 cm³/mol. The highest BCUT2D eigenvalue weighted by Crippen LogP contribution is 2.34. The summed E-state index contributed by atoms with van der Waals surface area (Å²) in [7, 11) is 0. The van der Waals surface area contributed by atoms with Crippen molar-refractivity contribution in [1.82, 2.24) is 4.98 Å². The number of nitrogens with zero attached hydrogens (tertiary/aromatic N) is 2. The first-order valence-corrected chi connectivity index (χ1v) is 7.17. The molecule has 0 saturated carbocycles. The van der Waals surface area contributed by atoms with Gasteiger partial charge in [-0.15, -0.1) is 11.3 Å². The maximum atomic E-state index is 12.6. The first-order chi connectivity index (χ1) is 9.36. The van der Waals surface area contributed by atoms with E-state index in [0.717, 1.165) is 23.5 Å². The van der Waals surface area contributed by atoms with Crippen LogP contribution in [0.2, 0.25) is 0 Å². The zero-order chi connectivity index (χ0) is 14.9. The van der Waals surface area contributed by atoms with Crippen molar-refractivity contribution < 1.29 is 18.3 Å². The fourth-order valence-corrected chi connectivity index (χ4v) is 2.76. The summed E-state index contributed by atoms with van der Waals surface area (Å²) in [6.45, 7) is 0. The number of rotatable bonds is 2. The Labute approximate surface area is 124 Å². The number of benzene rings is 1. The van der Waals surface area contributed by atoms with Crippen LogP contribution in [0.3, 0.4) is 0 Å². The highest BCUT2D eigenvalue weighted by atomic mass is 79.9. The summed E-state index contributed by atoms with van der Waals surface area (Å²) >= 11 is 4.06. The number of nitriles is 1. The van der Waals surface area contributed by atoms with E-state index >= 15 is 0 Å². The number of allylic oxidation sites excluding steroid dienone is 2. The SMILES string of the molecule is N#C/C(=C(/O)CBr)c1nc2cc(C(F)(F)F)ccc2s1. The lowest BCUT2D eigenvalue weighted by molar-refractivity contribution is -0.137. The van der Waals surface area contributed by atoms with Crippen LogP contribution in [0.1, 0.15) is 10.6 Å². The van der Waals surface area contributed by atoms with Crippen LogP contribution in [-0.2, 0) is 6.18 Å². The average Bonchev–Trinajstić information content (AvgIpc) is 2.80. The second-order valence-electron chi connectivity index (χ2n) is 3.77. The summed E-state index contributed by atoms with van der Waals surface area (Å²) in [6.07, 6.45) is -4.44. The smallest absolute Gasteiger partial charge is 0.416 e. The predicted octanol–water partition coefficient (Wildman–Crippen LogP) is 4.50. The van der Waals surface area contributed by atoms with Crippen LogP contribution < -0.4 is 0 Å². The summed E-state index contributed by atoms with van der Waals surface area (Å²) in [5, 5.41) is 18.8. The average molecular weight is 363 g/mol. The van der Waals surface area contributed by atoms with Gasteiger partial charge in [-0.3, -0.25) is 0 Å². The van der Waals surface area contributed by atoms with Crippen molar-refractivity contribution in [3.05, 3.63) is 34.5 Å². The van der Waals surface area contributed by atoms with E-state index in [1.807, 2.05) is 0 Å². The molecule has 0 aliphatic rings. The molecule has 0 bridgehead atoms. The molecule has 1 aromatic heterocycles. The van der Waals surface area contributed by atoms with Crippen LogP contribution in [0.25, 0.3) is 15.8 Å². The third-order valence-corrected chi connectivity index (χ3v) is 4.04. The molecule has 0 radical (unpaired) electrons. The Balaban J connectivity index is 2.58. The molecule has 8 heteroatoms. The van der Waals surface area contributed by atoms with Crippen LogP contribution in [0.15, 0.2) is 24.0 Å². The van der Waals surface area contributed by atoms with Gasteiger partial charge >= 0.3 is 6.18 Å². The normalized spacial score (nSPS) is 13.2. The maximum absolute atomic E-state index is 12.6. The minimum atomic E-state index is -4.44. The van der Waals surface area contributed by atoms with Gasteiger partial charge < -0.3 is 5.11 Å². The van der Waals surface area contributed by atoms with E-state index in [0.29, 0.717) is 4.70 Å². The Bertz CT molecular complexity index is 730. The van der Waals surface area contributed by atoms with Gasteiger partial charge in [-0.1, -0.05) is 15.9 Å². The molecule has 1 heterocycles. The van der Waals surface area contributed by atoms with Gasteiger partial charge in [-0.2, -0.15) is 18.4 Å². The Morgan fingerprint density at radius 3 is 2.70 bits per heavy atom. The van der Waals surface area contributed by atoms with Gasteiger partial charge in [0.15, 0.2) is 0 Å². The number of fused-ring (bicyclic) bond motifs is 1. The lowest BCUT2D eigenvalue weighted by Crippen LogP contribution is -2.03. The van der Waals surface area contributed by atoms with E-state index in [1.54, 1.807) is 6.07 Å². The topological polar surface area (TPSA) is 56.9 Å². The third-order valence-electron chi connectivity index (χ3n) is 2.46. The van der Waals surface area contributed by atoms with Crippen molar-refractivity contribution in [2.45, 2.75) is 6.18 Å². The van der Waals surface area contributed by atoms with Gasteiger partial charge in [0, 0.05) is 0 Å². The number of halogens is 4. The molecule has 0 amide bonds. The first-order valence-electron chi connectivity index (χ1n) is 5.23. The molecule has 3 nitrogen and oxygen atoms in total. The van der Waals surface area contributed by atoms with E-state index in [-0.39, 0.29) is 27.2 Å². The molecule has 0 aliphatic carbocycles. The third kappa shape index (κ3) is 2.78. The lowest BCUT2D eigenvalue weighted by Gasteiger charge is -2.04. The fraction of sp³-hybridized carbons (Fsp3) is 0.167. The molecule has 1 aromatic carbocycles. The molecule has 2 aromatic rings. The molecule has 0 aliphatic heterocycles. The molecule has 20 heavy (non-hydrogen) atoms. The quantitative estimate of drug-likeness (QED) is 0.486. The lowest BCUT2D eigenvalue weighted by atomic mass is 10.2. The second-order valence-corrected chi connectivity index (χ2v) is 5.36. The van der Waals surface area contributed by atoms with E-state index in [9.17, 15) is 18.3 Å². The Morgan fingerprint density at radius 1 is 1.45 bits per heavy atom. The Kier molecular flexibility index (Phi) is 4.01. The van der Waals surface area contributed by atoms with Gasteiger partial charge in [-0.05, 0) is 18.2 Å². The van der Waals surface area contributed by atoms with E-state index < -0.39 is 11.7 Å². The van der Waals surface area contributed by atoms with Crippen molar-refractivity contribution in [1.29, 1.82) is 5.26 Å². The van der Waals surface area contributed by atoms with E-state index in [2.05, 4.69) is 20.9 Å². The largest absolute Gasteiger partial charge is 0.510 e. The molecule has 0 fully saturated rings. The Morgan fingerprint density at radius 2 is 2.15 bits per heavy atom. The van der Waals surface area contributed by atoms with Gasteiger partial charge in [-0.25, -0.2) is 4.98 Å². The first kappa shape index (κ1) is 14.8. The summed E-state index contributed by atoms with van der Waals surface area (Å²) < 4.78 is 38.3. The highest BCUT2D eigenvalue weighted by molar-refractivity contribution is 9.09. The minimum absolute atomic E-state index is 0.0448. The number of alkyl halides is 4. The molecule has 0 unspecified atom stereocenters. The zero-order valence-corrected chi connectivity index (χ0v) is 12.1. The molecule has 2 rings (SSSR count). The van der Waals surface area contributed by atoms with Crippen LogP contribution in [0.5, 0.6) is 0 Å². The standard InChI is InChI=1S/C12H6BrF3N2OS/c13-4-9(19)7(5-17)11-18-8-3-6(12(14,15)16)1-2-10(8)20-11/h1-3,19H,4H2/b9-7-. The van der Waals surface area contributed by atoms with Crippen LogP contribution >= 0.6 is 27.3 Å². The fourth-order valence-electron chi connectivity index (χ4n) is 1.51. The Hall–Kier alpha value is -1.59. The summed E-state index contributed by atoms with van der Waals surface area (Å²) in [6, 6.07) is 4.99. The number of thiazole rings is 1. The molecule has 0 spiro atoms. The monoisotopic (exact) mass is 362 g/mol. The van der Waals surface area contributed by atoms with Gasteiger partial charge in [0.1, 0.15) is 22.4 Å². The number of aromatic nitrogens is 1. The van der Waals surface area contributed by atoms with Crippen LogP contribution in [-0.4, -0.2) is 15.4 Å². The van der Waals surface area contributed by atoms with Crippen molar-refractivity contribution >= 4 is 43.1 Å². The van der Waals surface area contributed by atoms with Crippen LogP contribution in [0.4, 0.5) is 13.2 Å². The molecular weight excluding hydrogens is 357 g/mol. The summed E-state index contributed by atoms with van der Waals surface area (Å²) in [4.78, 5) is 3.98. The number of hydrogen-bond donors (Lipinski definition) is 1. The number of aliphatic hydroxyl groups is 1. The molecule has 0 saturated heterocycles. The van der Waals surface area contributed by atoms with Crippen molar-refractivity contribution in [3.8, 4) is 6.07 Å². The van der Waals surface area contributed by atoms with E-state index in [4.69, 9.17) is 5.26 Å². The van der Waals surface area contributed by atoms with Crippen molar-refractivity contribution in [3.63, 3.8) is 0 Å².